The van der Waals surface area contributed by atoms with Crippen LogP contribution in [0.3, 0.4) is 0 Å². The molecule has 2 aromatic carbocycles. The standard InChI is InChI=1S/C46H72N2/c1-7-13-19-25-37-33-41(34-38(26-20-14-8-2)43(37)29-23-17-11-5)45-31-32-46(48(45)47)42-35-39(27-21-15-9-3)44(30-24-18-12-6)40(36-42)28-22-16-10-4/h31-36H,7-30H2,1-6H3. The number of hydrogen-bond donors (Lipinski definition) is 0. The Labute approximate surface area is 297 Å². The number of rotatable bonds is 26. The molecule has 2 nitrogen and oxygen atoms in total. The Morgan fingerprint density at radius 2 is 0.625 bits per heavy atom. The van der Waals surface area contributed by atoms with Crippen molar-refractivity contribution in [1.82, 2.24) is 0 Å². The van der Waals surface area contributed by atoms with Crippen LogP contribution in [0.5, 0.6) is 0 Å². The second-order valence-corrected chi connectivity index (χ2v) is 14.7. The minimum Gasteiger partial charge on any atom is -0.493 e. The van der Waals surface area contributed by atoms with Crippen molar-refractivity contribution in [2.75, 3.05) is 0 Å². The summed E-state index contributed by atoms with van der Waals surface area (Å²) in [5.41, 5.74) is 25.5. The van der Waals surface area contributed by atoms with E-state index in [-0.39, 0.29) is 0 Å². The van der Waals surface area contributed by atoms with Crippen LogP contribution in [0.25, 0.3) is 16.9 Å². The van der Waals surface area contributed by atoms with Crippen LogP contribution in [0, 0.1) is 0 Å². The predicted molar refractivity (Wildman–Crippen MR) is 212 cm³/mol. The van der Waals surface area contributed by atoms with Crippen LogP contribution in [0.2, 0.25) is 0 Å². The van der Waals surface area contributed by atoms with E-state index < -0.39 is 0 Å². The molecule has 0 saturated carbocycles. The lowest BCUT2D eigenvalue weighted by Crippen LogP contribution is -2.09. The van der Waals surface area contributed by atoms with E-state index in [9.17, 15) is 5.53 Å². The number of benzene rings is 2. The molecule has 0 spiro atoms. The van der Waals surface area contributed by atoms with Gasteiger partial charge in [-0.25, -0.2) is 4.70 Å². The van der Waals surface area contributed by atoms with Crippen LogP contribution < -0.4 is 0 Å². The summed E-state index contributed by atoms with van der Waals surface area (Å²) in [5, 5.41) is 0. The first kappa shape index (κ1) is 40.0. The SMILES string of the molecule is CCCCCc1cc(C2=CC=C(c3cc(CCCCC)c(CCCCC)c(CCCCC)c3)[N+]2=[N-])cc(CCCCC)c1CCCCC. The normalized spacial score (nSPS) is 13.0. The van der Waals surface area contributed by atoms with Gasteiger partial charge in [0.15, 0.2) is 0 Å². The molecule has 0 saturated heterocycles. The number of hydrogen-bond acceptors (Lipinski definition) is 0. The maximum Gasteiger partial charge on any atom is 0.207 e. The molecule has 0 unspecified atom stereocenters. The molecular weight excluding hydrogens is 581 g/mol. The van der Waals surface area contributed by atoms with Gasteiger partial charge in [-0.1, -0.05) is 119 Å². The summed E-state index contributed by atoms with van der Waals surface area (Å²) < 4.78 is 1.52. The van der Waals surface area contributed by atoms with E-state index >= 15 is 0 Å². The average Bonchev–Trinajstić information content (AvgIpc) is 3.47. The van der Waals surface area contributed by atoms with Gasteiger partial charge in [-0.05, 0) is 135 Å². The number of allylic oxidation sites excluding steroid dienone is 2. The largest absolute Gasteiger partial charge is 0.493 e. The lowest BCUT2D eigenvalue weighted by atomic mass is 9.87. The lowest BCUT2D eigenvalue weighted by Gasteiger charge is -2.20. The first-order valence-corrected chi connectivity index (χ1v) is 20.7. The minimum atomic E-state index is 0.936. The van der Waals surface area contributed by atoms with Gasteiger partial charge < -0.3 is 5.53 Å². The summed E-state index contributed by atoms with van der Waals surface area (Å²) in [5.74, 6) is 0. The number of nitrogens with zero attached hydrogens (tertiary/aromatic N) is 2. The molecule has 0 atom stereocenters. The smallest absolute Gasteiger partial charge is 0.207 e. The van der Waals surface area contributed by atoms with Gasteiger partial charge in [0.1, 0.15) is 0 Å². The Morgan fingerprint density at radius 3 is 0.875 bits per heavy atom. The summed E-state index contributed by atoms with van der Waals surface area (Å²) in [4.78, 5) is 0. The molecule has 2 heteroatoms. The Morgan fingerprint density at radius 1 is 0.375 bits per heavy atom. The molecule has 266 valence electrons. The van der Waals surface area contributed by atoms with Crippen molar-refractivity contribution >= 4 is 11.4 Å². The zero-order valence-electron chi connectivity index (χ0n) is 32.3. The van der Waals surface area contributed by atoms with Gasteiger partial charge in [0.2, 0.25) is 11.4 Å². The Balaban J connectivity index is 2.02. The third kappa shape index (κ3) is 12.1. The molecule has 0 amide bonds. The van der Waals surface area contributed by atoms with Crippen molar-refractivity contribution in [3.05, 3.63) is 86.5 Å². The van der Waals surface area contributed by atoms with Crippen molar-refractivity contribution in [1.29, 1.82) is 0 Å². The molecule has 48 heavy (non-hydrogen) atoms. The van der Waals surface area contributed by atoms with Crippen LogP contribution in [0.15, 0.2) is 36.4 Å². The maximum atomic E-state index is 12.0. The van der Waals surface area contributed by atoms with Gasteiger partial charge in [0.05, 0.1) is 0 Å². The van der Waals surface area contributed by atoms with Crippen LogP contribution >= 0.6 is 0 Å². The summed E-state index contributed by atoms with van der Waals surface area (Å²) in [6.45, 7) is 13.8. The van der Waals surface area contributed by atoms with E-state index in [1.165, 1.54) is 166 Å². The van der Waals surface area contributed by atoms with Crippen LogP contribution in [0.1, 0.15) is 202 Å². The Kier molecular flexibility index (Phi) is 19.2. The van der Waals surface area contributed by atoms with E-state index in [0.29, 0.717) is 0 Å². The third-order valence-corrected chi connectivity index (χ3v) is 10.6. The molecule has 0 bridgehead atoms. The van der Waals surface area contributed by atoms with Crippen LogP contribution in [0.4, 0.5) is 0 Å². The van der Waals surface area contributed by atoms with E-state index in [4.69, 9.17) is 0 Å². The van der Waals surface area contributed by atoms with Gasteiger partial charge in [0, 0.05) is 23.3 Å². The van der Waals surface area contributed by atoms with Gasteiger partial charge in [-0.2, -0.15) is 0 Å². The quantitative estimate of drug-likeness (QED) is 0.0714. The molecule has 0 radical (unpaired) electrons. The highest BCUT2D eigenvalue weighted by atomic mass is 15.2. The monoisotopic (exact) mass is 653 g/mol. The molecule has 3 rings (SSSR count). The van der Waals surface area contributed by atoms with E-state index in [1.54, 1.807) is 11.1 Å². The minimum absolute atomic E-state index is 0.936. The summed E-state index contributed by atoms with van der Waals surface area (Å²) >= 11 is 0. The average molecular weight is 653 g/mol. The zero-order chi connectivity index (χ0) is 34.6. The van der Waals surface area contributed by atoms with Crippen LogP contribution in [-0.4, -0.2) is 4.70 Å². The van der Waals surface area contributed by atoms with Crippen molar-refractivity contribution in [3.63, 3.8) is 0 Å². The highest BCUT2D eigenvalue weighted by molar-refractivity contribution is 5.76. The summed E-state index contributed by atoms with van der Waals surface area (Å²) in [6, 6.07) is 9.76. The van der Waals surface area contributed by atoms with Crippen LogP contribution in [-0.2, 0) is 38.5 Å². The van der Waals surface area contributed by atoms with Gasteiger partial charge in [-0.15, -0.1) is 0 Å². The molecule has 1 heterocycles. The fourth-order valence-electron chi connectivity index (χ4n) is 7.66. The molecule has 2 aromatic rings. The van der Waals surface area contributed by atoms with Crippen molar-refractivity contribution in [2.45, 2.75) is 196 Å². The Bertz CT molecular complexity index is 1150. The zero-order valence-corrected chi connectivity index (χ0v) is 32.3. The molecule has 0 N–H and O–H groups in total. The molecule has 0 fully saturated rings. The summed E-state index contributed by atoms with van der Waals surface area (Å²) in [6.07, 6.45) is 34.0. The predicted octanol–water partition coefficient (Wildman–Crippen LogP) is 14.5. The second kappa shape index (κ2) is 23.0. The highest BCUT2D eigenvalue weighted by Crippen LogP contribution is 2.36. The molecule has 1 aliphatic rings. The van der Waals surface area contributed by atoms with E-state index in [2.05, 4.69) is 78.0 Å². The fraction of sp³-hybridized carbons (Fsp3) is 0.652. The maximum absolute atomic E-state index is 12.0. The summed E-state index contributed by atoms with van der Waals surface area (Å²) in [7, 11) is 0. The van der Waals surface area contributed by atoms with Gasteiger partial charge in [-0.3, -0.25) is 0 Å². The first-order chi connectivity index (χ1) is 23.5. The lowest BCUT2D eigenvalue weighted by molar-refractivity contribution is -0.344. The van der Waals surface area contributed by atoms with Gasteiger partial charge >= 0.3 is 0 Å². The number of unbranched alkanes of at least 4 members (excludes halogenated alkanes) is 12. The first-order valence-electron chi connectivity index (χ1n) is 20.7. The molecule has 0 aliphatic carbocycles. The second-order valence-electron chi connectivity index (χ2n) is 14.7. The van der Waals surface area contributed by atoms with E-state index in [1.807, 2.05) is 0 Å². The molecule has 1 aliphatic heterocycles. The van der Waals surface area contributed by atoms with E-state index in [0.717, 1.165) is 37.1 Å². The topological polar surface area (TPSA) is 25.3 Å². The highest BCUT2D eigenvalue weighted by Gasteiger charge is 2.26. The van der Waals surface area contributed by atoms with Crippen molar-refractivity contribution < 1.29 is 4.70 Å². The number of aryl methyl sites for hydroxylation is 4. The fourth-order valence-corrected chi connectivity index (χ4v) is 7.66. The third-order valence-electron chi connectivity index (χ3n) is 10.6. The molecule has 0 aromatic heterocycles. The molecular formula is C46H72N2. The Hall–Kier alpha value is -2.48. The van der Waals surface area contributed by atoms with Crippen molar-refractivity contribution in [2.24, 2.45) is 0 Å². The van der Waals surface area contributed by atoms with Gasteiger partial charge in [0.25, 0.3) is 0 Å². The van der Waals surface area contributed by atoms with Crippen molar-refractivity contribution in [3.8, 4) is 0 Å².